The average molecular weight is 889 g/mol. The molecule has 0 unspecified atom stereocenters. The second-order valence-corrected chi connectivity index (χ2v) is 17.4. The van der Waals surface area contributed by atoms with E-state index in [1.165, 1.54) is 0 Å². The zero-order valence-corrected chi connectivity index (χ0v) is 39.2. The van der Waals surface area contributed by atoms with Gasteiger partial charge in [-0.1, -0.05) is 95.9 Å². The molecule has 0 aromatic heterocycles. The number of benzene rings is 4. The van der Waals surface area contributed by atoms with Crippen LogP contribution in [-0.4, -0.2) is 55.6 Å². The van der Waals surface area contributed by atoms with E-state index in [0.29, 0.717) is 0 Å². The number of methoxy groups -OCH3 is 4. The van der Waals surface area contributed by atoms with Gasteiger partial charge in [-0.25, -0.2) is 0 Å². The van der Waals surface area contributed by atoms with Gasteiger partial charge in [0, 0.05) is 76.4 Å². The molecule has 0 saturated heterocycles. The molecule has 0 amide bonds. The maximum absolute atomic E-state index is 6.53. The summed E-state index contributed by atoms with van der Waals surface area (Å²) in [6.07, 6.45) is 10.8. The second-order valence-electron chi connectivity index (χ2n) is 17.4. The number of ether oxygens (including phenoxy) is 8. The van der Waals surface area contributed by atoms with Crippen molar-refractivity contribution in [1.82, 2.24) is 0 Å². The molecule has 4 aromatic rings. The first kappa shape index (κ1) is 48.7. The van der Waals surface area contributed by atoms with E-state index in [-0.39, 0.29) is 27.2 Å². The van der Waals surface area contributed by atoms with E-state index >= 15 is 0 Å². The van der Waals surface area contributed by atoms with E-state index in [2.05, 4.69) is 144 Å². The Bertz CT molecular complexity index is 2050. The molecule has 2 saturated carbocycles. The molecular formula is C58H64O8. The predicted molar refractivity (Wildman–Crippen MR) is 256 cm³/mol. The van der Waals surface area contributed by atoms with E-state index in [9.17, 15) is 0 Å². The molecule has 0 N–H and O–H groups in total. The summed E-state index contributed by atoms with van der Waals surface area (Å²) < 4.78 is 47.9. The molecule has 0 radical (unpaired) electrons. The van der Waals surface area contributed by atoms with E-state index in [0.717, 1.165) is 134 Å². The fourth-order valence-electron chi connectivity index (χ4n) is 9.49. The van der Waals surface area contributed by atoms with Crippen LogP contribution in [-0.2, 0) is 60.3 Å². The van der Waals surface area contributed by atoms with Gasteiger partial charge in [0.25, 0.3) is 0 Å². The minimum Gasteiger partial charge on any atom is -0.359 e. The van der Waals surface area contributed by atoms with Gasteiger partial charge >= 0.3 is 0 Å². The summed E-state index contributed by atoms with van der Waals surface area (Å²) in [5, 5.41) is 0. The van der Waals surface area contributed by atoms with Crippen molar-refractivity contribution in [3.63, 3.8) is 0 Å². The van der Waals surface area contributed by atoms with Gasteiger partial charge in [-0.3, -0.25) is 0 Å². The van der Waals surface area contributed by atoms with Gasteiger partial charge in [0.2, 0.25) is 0 Å². The van der Waals surface area contributed by atoms with Crippen LogP contribution in [0.15, 0.2) is 97.1 Å². The van der Waals surface area contributed by atoms with Gasteiger partial charge in [0.1, 0.15) is 27.2 Å². The molecule has 4 aromatic carbocycles. The Kier molecular flexibility index (Phi) is 17.7. The summed E-state index contributed by atoms with van der Waals surface area (Å²) in [5.41, 5.74) is 6.29. The zero-order chi connectivity index (χ0) is 46.0. The lowest BCUT2D eigenvalue weighted by Gasteiger charge is -2.46. The normalized spacial score (nSPS) is 24.2. The van der Waals surface area contributed by atoms with Crippen molar-refractivity contribution >= 4 is 0 Å². The quantitative estimate of drug-likeness (QED) is 0.103. The first-order valence-corrected chi connectivity index (χ1v) is 23.3. The molecule has 12 aliphatic carbocycles. The van der Waals surface area contributed by atoms with Crippen LogP contribution in [0.5, 0.6) is 0 Å². The third-order valence-electron chi connectivity index (χ3n) is 13.3. The highest BCUT2D eigenvalue weighted by Gasteiger charge is 2.48. The highest BCUT2D eigenvalue weighted by atomic mass is 16.7. The molecule has 0 heterocycles. The SMILES string of the molecule is COCOC12CCC(OCOC)(CC1)c1ccc(cc1)C#CCCCC#Cc1ccc(cc1)C1(OCOC)CCC(OCOC)(CC1)c1ccc(cc1)C#CCCCC#Cc1ccc2cc1. The van der Waals surface area contributed by atoms with E-state index in [1.54, 1.807) is 28.4 Å². The lowest BCUT2D eigenvalue weighted by Crippen LogP contribution is -2.43. The maximum Gasteiger partial charge on any atom is 0.147 e. The van der Waals surface area contributed by atoms with Crippen molar-refractivity contribution in [3.05, 3.63) is 142 Å². The zero-order valence-electron chi connectivity index (χ0n) is 39.2. The van der Waals surface area contributed by atoms with Crippen LogP contribution in [0.3, 0.4) is 0 Å². The summed E-state index contributed by atoms with van der Waals surface area (Å²) in [6, 6.07) is 34.0. The predicted octanol–water partition coefficient (Wildman–Crippen LogP) is 11.0. The Labute approximate surface area is 393 Å². The lowest BCUT2D eigenvalue weighted by molar-refractivity contribution is -0.203. The van der Waals surface area contributed by atoms with Crippen LogP contribution in [0, 0.1) is 47.4 Å². The molecular weight excluding hydrogens is 825 g/mol. The summed E-state index contributed by atoms with van der Waals surface area (Å²) in [6.45, 7) is 0.804. The maximum atomic E-state index is 6.53. The van der Waals surface area contributed by atoms with Gasteiger partial charge < -0.3 is 37.9 Å². The number of rotatable bonds is 12. The Morgan fingerprint density at radius 3 is 0.697 bits per heavy atom. The molecule has 8 heteroatoms. The molecule has 0 atom stereocenters. The van der Waals surface area contributed by atoms with Crippen LogP contribution in [0.1, 0.15) is 134 Å². The Morgan fingerprint density at radius 1 is 0.318 bits per heavy atom. The van der Waals surface area contributed by atoms with Gasteiger partial charge in [-0.15, -0.1) is 0 Å². The Balaban J connectivity index is 1.12. The van der Waals surface area contributed by atoms with Gasteiger partial charge in [-0.05, 0) is 135 Å². The smallest absolute Gasteiger partial charge is 0.147 e. The van der Waals surface area contributed by atoms with E-state index in [1.807, 2.05) is 0 Å². The molecule has 12 bridgehead atoms. The van der Waals surface area contributed by atoms with Crippen molar-refractivity contribution in [3.8, 4) is 47.4 Å². The van der Waals surface area contributed by atoms with Crippen LogP contribution in [0.4, 0.5) is 0 Å². The second kappa shape index (κ2) is 24.0. The molecule has 12 aliphatic rings. The summed E-state index contributed by atoms with van der Waals surface area (Å²) in [5.74, 6) is 26.9. The van der Waals surface area contributed by atoms with E-state index in [4.69, 9.17) is 37.9 Å². The molecule has 66 heavy (non-hydrogen) atoms. The topological polar surface area (TPSA) is 73.8 Å². The fourth-order valence-corrected chi connectivity index (χ4v) is 9.49. The lowest BCUT2D eigenvalue weighted by atomic mass is 9.70. The molecule has 0 aliphatic heterocycles. The van der Waals surface area contributed by atoms with E-state index < -0.39 is 22.4 Å². The fraction of sp³-hybridized carbons (Fsp3) is 0.448. The highest BCUT2D eigenvalue weighted by molar-refractivity contribution is 5.42. The van der Waals surface area contributed by atoms with Crippen molar-refractivity contribution in [1.29, 1.82) is 0 Å². The Hall–Kier alpha value is -5.20. The number of hydrogen-bond donors (Lipinski definition) is 0. The van der Waals surface area contributed by atoms with Crippen molar-refractivity contribution < 1.29 is 37.9 Å². The van der Waals surface area contributed by atoms with Crippen molar-refractivity contribution in [2.24, 2.45) is 0 Å². The first-order chi connectivity index (χ1) is 32.4. The summed E-state index contributed by atoms with van der Waals surface area (Å²) in [4.78, 5) is 0. The molecule has 16 rings (SSSR count). The summed E-state index contributed by atoms with van der Waals surface area (Å²) in [7, 11) is 6.66. The molecule has 8 nitrogen and oxygen atoms in total. The molecule has 0 spiro atoms. The van der Waals surface area contributed by atoms with Crippen LogP contribution < -0.4 is 0 Å². The Morgan fingerprint density at radius 2 is 0.515 bits per heavy atom. The number of hydrogen-bond acceptors (Lipinski definition) is 8. The molecule has 2 fully saturated rings. The van der Waals surface area contributed by atoms with Gasteiger partial charge in [0.05, 0.1) is 22.4 Å². The first-order valence-electron chi connectivity index (χ1n) is 23.3. The highest BCUT2D eigenvalue weighted by Crippen LogP contribution is 2.51. The van der Waals surface area contributed by atoms with Gasteiger partial charge in [0.15, 0.2) is 0 Å². The third-order valence-corrected chi connectivity index (χ3v) is 13.3. The van der Waals surface area contributed by atoms with Crippen LogP contribution in [0.2, 0.25) is 0 Å². The largest absolute Gasteiger partial charge is 0.359 e. The average Bonchev–Trinajstić information content (AvgIpc) is 3.37. The minimum absolute atomic E-state index is 0.201. The standard InChI is InChI=1S/C58H64O8/c1-59-43-63-55-35-37-56(38-36-55,64-44-60-2)52-29-21-48(22-30-52)16-12-9-6-10-14-18-50-25-33-54(34-26-50)58(66-46-62-4)41-39-57(40-42-58,65-45-61-3)53-31-23-49(24-32-53)17-13-8-5-7-11-15-47-19-27-51(55)28-20-47/h19-34H,5-10,35-46H2,1-4H3. The van der Waals surface area contributed by atoms with Gasteiger partial charge in [-0.2, -0.15) is 0 Å². The third kappa shape index (κ3) is 12.2. The van der Waals surface area contributed by atoms with Crippen LogP contribution >= 0.6 is 0 Å². The summed E-state index contributed by atoms with van der Waals surface area (Å²) >= 11 is 0. The van der Waals surface area contributed by atoms with Crippen molar-refractivity contribution in [2.75, 3.05) is 55.6 Å². The molecule has 344 valence electrons. The van der Waals surface area contributed by atoms with Crippen LogP contribution in [0.25, 0.3) is 0 Å². The van der Waals surface area contributed by atoms with Crippen molar-refractivity contribution in [2.45, 2.75) is 112 Å². The monoisotopic (exact) mass is 888 g/mol. The minimum atomic E-state index is -0.517.